The lowest BCUT2D eigenvalue weighted by molar-refractivity contribution is -0.146. The first kappa shape index (κ1) is 22.5. The molecule has 0 saturated heterocycles. The summed E-state index contributed by atoms with van der Waals surface area (Å²) in [5, 5.41) is 4.98. The van der Waals surface area contributed by atoms with Gasteiger partial charge in [-0.25, -0.2) is 4.79 Å². The molecule has 0 saturated carbocycles. The van der Waals surface area contributed by atoms with Crippen molar-refractivity contribution in [2.24, 2.45) is 0 Å². The molecule has 2 amide bonds. The van der Waals surface area contributed by atoms with Gasteiger partial charge in [0.05, 0.1) is 6.04 Å². The molecule has 0 aliphatic heterocycles. The van der Waals surface area contributed by atoms with Crippen molar-refractivity contribution in [1.29, 1.82) is 0 Å². The number of benzene rings is 2. The third kappa shape index (κ3) is 7.71. The normalized spacial score (nSPS) is 11.9. The van der Waals surface area contributed by atoms with Gasteiger partial charge in [-0.1, -0.05) is 60.7 Å². The molecular formula is C23H24N2O5. The third-order valence-electron chi connectivity index (χ3n) is 4.08. The highest BCUT2D eigenvalue weighted by molar-refractivity contribution is 5.98. The maximum atomic E-state index is 12.3. The van der Waals surface area contributed by atoms with Gasteiger partial charge < -0.3 is 15.4 Å². The van der Waals surface area contributed by atoms with Crippen LogP contribution in [-0.4, -0.2) is 36.2 Å². The van der Waals surface area contributed by atoms with E-state index in [0.29, 0.717) is 12.0 Å². The molecule has 0 aromatic heterocycles. The van der Waals surface area contributed by atoms with Crippen molar-refractivity contribution >= 4 is 29.6 Å². The Hall–Kier alpha value is -3.74. The van der Waals surface area contributed by atoms with Gasteiger partial charge in [0.25, 0.3) is 5.91 Å². The van der Waals surface area contributed by atoms with Gasteiger partial charge in [-0.15, -0.1) is 0 Å². The number of rotatable bonds is 9. The Morgan fingerprint density at radius 1 is 0.933 bits per heavy atom. The Labute approximate surface area is 175 Å². The van der Waals surface area contributed by atoms with Crippen molar-refractivity contribution < 1.29 is 23.9 Å². The van der Waals surface area contributed by atoms with Gasteiger partial charge in [0, 0.05) is 6.92 Å². The zero-order valence-electron chi connectivity index (χ0n) is 16.9. The van der Waals surface area contributed by atoms with Crippen LogP contribution in [0.4, 0.5) is 0 Å². The number of nitrogens with one attached hydrogen (secondary N) is 2. The second kappa shape index (κ2) is 11.3. The summed E-state index contributed by atoms with van der Waals surface area (Å²) >= 11 is 0. The summed E-state index contributed by atoms with van der Waals surface area (Å²) in [7, 11) is 0. The fourth-order valence-corrected chi connectivity index (χ4v) is 2.64. The van der Waals surface area contributed by atoms with Gasteiger partial charge in [0.1, 0.15) is 5.70 Å². The van der Waals surface area contributed by atoms with E-state index in [4.69, 9.17) is 4.74 Å². The van der Waals surface area contributed by atoms with Crippen molar-refractivity contribution in [1.82, 2.24) is 10.6 Å². The molecule has 7 nitrogen and oxygen atoms in total. The molecule has 0 unspecified atom stereocenters. The van der Waals surface area contributed by atoms with E-state index < -0.39 is 30.4 Å². The van der Waals surface area contributed by atoms with Gasteiger partial charge >= 0.3 is 5.97 Å². The van der Waals surface area contributed by atoms with E-state index in [9.17, 15) is 19.2 Å². The largest absolute Gasteiger partial charge is 0.451 e. The molecule has 156 valence electrons. The van der Waals surface area contributed by atoms with Crippen molar-refractivity contribution in [2.45, 2.75) is 26.3 Å². The van der Waals surface area contributed by atoms with E-state index in [0.717, 1.165) is 5.56 Å². The highest BCUT2D eigenvalue weighted by Gasteiger charge is 2.20. The zero-order valence-corrected chi connectivity index (χ0v) is 16.9. The molecule has 2 N–H and O–H groups in total. The quantitative estimate of drug-likeness (QED) is 0.488. The average molecular weight is 408 g/mol. The van der Waals surface area contributed by atoms with Crippen molar-refractivity contribution in [3.63, 3.8) is 0 Å². The molecule has 0 aliphatic rings. The lowest BCUT2D eigenvalue weighted by atomic mass is 10.0. The molecule has 2 aromatic rings. The molecular weight excluding hydrogens is 384 g/mol. The molecule has 0 fully saturated rings. The lowest BCUT2D eigenvalue weighted by Gasteiger charge is -2.16. The fraction of sp³-hybridized carbons (Fsp3) is 0.217. The van der Waals surface area contributed by atoms with Crippen LogP contribution >= 0.6 is 0 Å². The number of esters is 1. The number of hydrogen-bond acceptors (Lipinski definition) is 5. The second-order valence-electron chi connectivity index (χ2n) is 6.65. The van der Waals surface area contributed by atoms with E-state index in [1.54, 1.807) is 24.3 Å². The maximum absolute atomic E-state index is 12.3. The third-order valence-corrected chi connectivity index (χ3v) is 4.08. The Bertz CT molecular complexity index is 923. The number of hydrogen-bond donors (Lipinski definition) is 2. The molecule has 0 bridgehead atoms. The summed E-state index contributed by atoms with van der Waals surface area (Å²) in [5.41, 5.74) is 1.49. The van der Waals surface area contributed by atoms with Crippen molar-refractivity contribution in [3.8, 4) is 0 Å². The van der Waals surface area contributed by atoms with Gasteiger partial charge in [-0.3, -0.25) is 14.4 Å². The van der Waals surface area contributed by atoms with E-state index in [1.807, 2.05) is 36.4 Å². The monoisotopic (exact) mass is 408 g/mol. The van der Waals surface area contributed by atoms with Gasteiger partial charge in [0.2, 0.25) is 5.91 Å². The number of carbonyl (C=O) groups excluding carboxylic acids is 4. The number of ether oxygens (including phenoxy) is 1. The zero-order chi connectivity index (χ0) is 21.9. The van der Waals surface area contributed by atoms with Crippen LogP contribution in [0, 0.1) is 0 Å². The number of Topliss-reactive ketones (excluding diaryl/α,β-unsaturated/α-hetero) is 1. The van der Waals surface area contributed by atoms with Crippen molar-refractivity contribution in [2.75, 3.05) is 6.61 Å². The predicted octanol–water partition coefficient (Wildman–Crippen LogP) is 2.02. The first-order chi connectivity index (χ1) is 14.3. The SMILES string of the molecule is CC(=O)N/C(=C\c1ccccc1)C(=O)OCC(=O)N[C@H](Cc1ccccc1)C(C)=O. The van der Waals surface area contributed by atoms with Crippen LogP contribution in [0.15, 0.2) is 66.4 Å². The number of amides is 2. The summed E-state index contributed by atoms with van der Waals surface area (Å²) in [6.45, 7) is 2.07. The molecule has 7 heteroatoms. The summed E-state index contributed by atoms with van der Waals surface area (Å²) in [6, 6.07) is 17.4. The van der Waals surface area contributed by atoms with Crippen LogP contribution in [-0.2, 0) is 30.3 Å². The molecule has 0 aliphatic carbocycles. The summed E-state index contributed by atoms with van der Waals surface area (Å²) in [6.07, 6.45) is 1.79. The van der Waals surface area contributed by atoms with E-state index in [-0.39, 0.29) is 11.5 Å². The first-order valence-corrected chi connectivity index (χ1v) is 9.40. The molecule has 0 radical (unpaired) electrons. The lowest BCUT2D eigenvalue weighted by Crippen LogP contribution is -2.43. The average Bonchev–Trinajstić information content (AvgIpc) is 2.72. The first-order valence-electron chi connectivity index (χ1n) is 9.40. The van der Waals surface area contributed by atoms with Crippen LogP contribution in [0.5, 0.6) is 0 Å². The highest BCUT2D eigenvalue weighted by Crippen LogP contribution is 2.07. The van der Waals surface area contributed by atoms with Crippen LogP contribution in [0.25, 0.3) is 6.08 Å². The topological polar surface area (TPSA) is 102 Å². The second-order valence-corrected chi connectivity index (χ2v) is 6.65. The summed E-state index contributed by atoms with van der Waals surface area (Å²) in [4.78, 5) is 47.8. The smallest absolute Gasteiger partial charge is 0.355 e. The van der Waals surface area contributed by atoms with Gasteiger partial charge in [-0.2, -0.15) is 0 Å². The van der Waals surface area contributed by atoms with Crippen LogP contribution in [0.1, 0.15) is 25.0 Å². The van der Waals surface area contributed by atoms with E-state index >= 15 is 0 Å². The molecule has 1 atom stereocenters. The summed E-state index contributed by atoms with van der Waals surface area (Å²) < 4.78 is 5.02. The van der Waals surface area contributed by atoms with Gasteiger partial charge in [-0.05, 0) is 30.5 Å². The summed E-state index contributed by atoms with van der Waals surface area (Å²) in [5.74, 6) is -2.12. The maximum Gasteiger partial charge on any atom is 0.355 e. The number of carbonyl (C=O) groups is 4. The molecule has 2 aromatic carbocycles. The van der Waals surface area contributed by atoms with E-state index in [1.165, 1.54) is 19.9 Å². The fourth-order valence-electron chi connectivity index (χ4n) is 2.64. The predicted molar refractivity (Wildman–Crippen MR) is 112 cm³/mol. The molecule has 0 heterocycles. The minimum atomic E-state index is -0.855. The minimum Gasteiger partial charge on any atom is -0.451 e. The Morgan fingerprint density at radius 3 is 2.10 bits per heavy atom. The standard InChI is InChI=1S/C23H24N2O5/c1-16(26)20(13-18-9-5-3-6-10-18)25-22(28)15-30-23(29)21(24-17(2)27)14-19-11-7-4-8-12-19/h3-12,14,20H,13,15H2,1-2H3,(H,24,27)(H,25,28)/b21-14-/t20-/m1/s1. The Morgan fingerprint density at radius 2 is 1.53 bits per heavy atom. The molecule has 30 heavy (non-hydrogen) atoms. The Balaban J connectivity index is 1.98. The molecule has 0 spiro atoms. The minimum absolute atomic E-state index is 0.0890. The highest BCUT2D eigenvalue weighted by atomic mass is 16.5. The number of ketones is 1. The van der Waals surface area contributed by atoms with Crippen LogP contribution in [0.3, 0.4) is 0 Å². The van der Waals surface area contributed by atoms with Crippen LogP contribution in [0.2, 0.25) is 0 Å². The van der Waals surface area contributed by atoms with Crippen LogP contribution < -0.4 is 10.6 Å². The van der Waals surface area contributed by atoms with E-state index in [2.05, 4.69) is 10.6 Å². The Kier molecular flexibility index (Phi) is 8.50. The van der Waals surface area contributed by atoms with Gasteiger partial charge in [0.15, 0.2) is 12.4 Å². The van der Waals surface area contributed by atoms with Crippen molar-refractivity contribution in [3.05, 3.63) is 77.5 Å². The molecule has 2 rings (SSSR count).